The fraction of sp³-hybridized carbons (Fsp3) is 0.423. The monoisotopic (exact) mass is 462 g/mol. The molecule has 2 aromatic rings. The normalized spacial score (nSPS) is 12.8. The van der Waals surface area contributed by atoms with Gasteiger partial charge in [-0.05, 0) is 41.8 Å². The Balaban J connectivity index is 1.69. The molecule has 0 spiro atoms. The van der Waals surface area contributed by atoms with E-state index in [2.05, 4.69) is 42.7 Å². The van der Waals surface area contributed by atoms with Crippen LogP contribution in [0.1, 0.15) is 36.1 Å². The number of hydrogen-bond donors (Lipinski definition) is 2. The molecule has 0 unspecified atom stereocenters. The summed E-state index contributed by atoms with van der Waals surface area (Å²) in [5, 5.41) is 19.1. The van der Waals surface area contributed by atoms with Gasteiger partial charge >= 0.3 is 0 Å². The maximum absolute atomic E-state index is 13.3. The molecule has 2 amide bonds. The molecule has 2 aromatic carbocycles. The summed E-state index contributed by atoms with van der Waals surface area (Å²) in [4.78, 5) is 27.7. The molecular weight excluding hydrogens is 428 g/mol. The number of nitrogens with zero attached hydrogens (tertiary/aromatic N) is 4. The van der Waals surface area contributed by atoms with E-state index < -0.39 is 0 Å². The van der Waals surface area contributed by atoms with E-state index in [1.54, 1.807) is 35.2 Å². The number of hydrogen-bond acceptors (Lipinski definition) is 6. The van der Waals surface area contributed by atoms with Crippen molar-refractivity contribution in [3.8, 4) is 6.07 Å². The topological polar surface area (TPSA) is 91.7 Å². The summed E-state index contributed by atoms with van der Waals surface area (Å²) in [6.07, 6.45) is 0. The van der Waals surface area contributed by atoms with Crippen molar-refractivity contribution in [2.75, 3.05) is 38.1 Å². The lowest BCUT2D eigenvalue weighted by molar-refractivity contribution is -0.145. The minimum Gasteiger partial charge on any atom is -0.353 e. The molecule has 0 atom stereocenters. The number of benzene rings is 2. The van der Waals surface area contributed by atoms with Gasteiger partial charge in [0.1, 0.15) is 0 Å². The lowest BCUT2D eigenvalue weighted by Gasteiger charge is -2.32. The van der Waals surface area contributed by atoms with Crippen molar-refractivity contribution in [2.24, 2.45) is 0 Å². The quantitative estimate of drug-likeness (QED) is 0.526. The molecule has 0 saturated carbocycles. The first-order chi connectivity index (χ1) is 16.3. The molecule has 34 heavy (non-hydrogen) atoms. The van der Waals surface area contributed by atoms with Crippen molar-refractivity contribution >= 4 is 17.5 Å². The number of nitrogens with one attached hydrogen (secondary N) is 2. The van der Waals surface area contributed by atoms with E-state index >= 15 is 0 Å². The van der Waals surface area contributed by atoms with Gasteiger partial charge in [0.15, 0.2) is 0 Å². The first kappa shape index (κ1) is 25.2. The Hall–Kier alpha value is -3.41. The van der Waals surface area contributed by atoms with Gasteiger partial charge in [-0.15, -0.1) is 0 Å². The van der Waals surface area contributed by atoms with E-state index in [-0.39, 0.29) is 24.9 Å². The highest BCUT2D eigenvalue weighted by molar-refractivity contribution is 5.86. The highest BCUT2D eigenvalue weighted by Crippen LogP contribution is 2.24. The van der Waals surface area contributed by atoms with Gasteiger partial charge < -0.3 is 15.5 Å². The maximum Gasteiger partial charge on any atom is 0.256 e. The van der Waals surface area contributed by atoms with Crippen molar-refractivity contribution in [1.29, 1.82) is 5.26 Å². The van der Waals surface area contributed by atoms with Crippen molar-refractivity contribution in [1.82, 2.24) is 20.7 Å². The van der Waals surface area contributed by atoms with Crippen LogP contribution in [0, 0.1) is 18.3 Å². The molecule has 0 fully saturated rings. The molecule has 1 heterocycles. The van der Waals surface area contributed by atoms with E-state index in [4.69, 9.17) is 0 Å². The van der Waals surface area contributed by atoms with Crippen LogP contribution in [-0.4, -0.2) is 61.1 Å². The van der Waals surface area contributed by atoms with Gasteiger partial charge in [-0.25, -0.2) is 5.01 Å². The summed E-state index contributed by atoms with van der Waals surface area (Å²) in [5.41, 5.74) is 4.59. The minimum atomic E-state index is -0.154. The molecule has 180 valence electrons. The third kappa shape index (κ3) is 6.56. The molecular formula is C26H34N6O2. The molecule has 1 aliphatic heterocycles. The van der Waals surface area contributed by atoms with Gasteiger partial charge in [0.25, 0.3) is 5.91 Å². The first-order valence-electron chi connectivity index (χ1n) is 11.6. The molecule has 8 nitrogen and oxygen atoms in total. The van der Waals surface area contributed by atoms with Crippen molar-refractivity contribution in [3.05, 3.63) is 64.7 Å². The molecule has 1 aliphatic rings. The molecule has 0 aromatic heterocycles. The Bertz CT molecular complexity index is 1040. The van der Waals surface area contributed by atoms with Gasteiger partial charge in [-0.1, -0.05) is 38.1 Å². The van der Waals surface area contributed by atoms with Gasteiger partial charge in [0.05, 0.1) is 24.7 Å². The highest BCUT2D eigenvalue weighted by atomic mass is 16.2. The summed E-state index contributed by atoms with van der Waals surface area (Å²) in [6, 6.07) is 16.0. The average molecular weight is 463 g/mol. The van der Waals surface area contributed by atoms with Crippen LogP contribution in [0.25, 0.3) is 0 Å². The predicted octanol–water partition coefficient (Wildman–Crippen LogP) is 2.18. The zero-order chi connectivity index (χ0) is 24.7. The largest absolute Gasteiger partial charge is 0.353 e. The standard InChI is InChI=1S/C26H34N6O2/c1-19(2)28-11-12-29-25(33)17-31(24-10-9-21(14-27)13-20(24)3)18-26(34)30(4)32-15-22-7-5-6-8-23(22)16-32/h5-10,13,19,28H,11-12,15-18H2,1-4H3,(H,29,33). The first-order valence-corrected chi connectivity index (χ1v) is 11.6. The minimum absolute atomic E-state index is 0.0494. The molecule has 0 saturated heterocycles. The number of amides is 2. The fourth-order valence-corrected chi connectivity index (χ4v) is 4.05. The Kier molecular flexibility index (Phi) is 8.63. The molecule has 0 radical (unpaired) electrons. The van der Waals surface area contributed by atoms with Crippen LogP contribution in [-0.2, 0) is 22.7 Å². The van der Waals surface area contributed by atoms with Crippen molar-refractivity contribution < 1.29 is 9.59 Å². The number of rotatable bonds is 10. The molecule has 0 aliphatic carbocycles. The third-order valence-electron chi connectivity index (χ3n) is 5.94. The second-order valence-corrected chi connectivity index (χ2v) is 8.94. The molecule has 0 bridgehead atoms. The summed E-state index contributed by atoms with van der Waals surface area (Å²) in [6.45, 7) is 8.64. The Labute approximate surface area is 202 Å². The summed E-state index contributed by atoms with van der Waals surface area (Å²) < 4.78 is 0. The smallest absolute Gasteiger partial charge is 0.256 e. The van der Waals surface area contributed by atoms with E-state index in [0.29, 0.717) is 37.8 Å². The second-order valence-electron chi connectivity index (χ2n) is 8.94. The van der Waals surface area contributed by atoms with Gasteiger partial charge in [-0.2, -0.15) is 5.26 Å². The van der Waals surface area contributed by atoms with Crippen LogP contribution < -0.4 is 15.5 Å². The van der Waals surface area contributed by atoms with E-state index in [1.165, 1.54) is 11.1 Å². The fourth-order valence-electron chi connectivity index (χ4n) is 4.05. The third-order valence-corrected chi connectivity index (χ3v) is 5.94. The maximum atomic E-state index is 13.3. The average Bonchev–Trinajstić information content (AvgIpc) is 3.25. The van der Waals surface area contributed by atoms with E-state index in [0.717, 1.165) is 11.3 Å². The van der Waals surface area contributed by atoms with Crippen LogP contribution >= 0.6 is 0 Å². The van der Waals surface area contributed by atoms with Crippen LogP contribution in [0.5, 0.6) is 0 Å². The van der Waals surface area contributed by atoms with Gasteiger partial charge in [-0.3, -0.25) is 14.6 Å². The summed E-state index contributed by atoms with van der Waals surface area (Å²) >= 11 is 0. The SMILES string of the molecule is Cc1cc(C#N)ccc1N(CC(=O)NCCNC(C)C)CC(=O)N(C)N1Cc2ccccc2C1. The lowest BCUT2D eigenvalue weighted by atomic mass is 10.1. The number of fused-ring (bicyclic) bond motifs is 1. The lowest BCUT2D eigenvalue weighted by Crippen LogP contribution is -2.48. The number of nitriles is 1. The van der Waals surface area contributed by atoms with Crippen molar-refractivity contribution in [2.45, 2.75) is 39.9 Å². The zero-order valence-corrected chi connectivity index (χ0v) is 20.5. The predicted molar refractivity (Wildman–Crippen MR) is 133 cm³/mol. The zero-order valence-electron chi connectivity index (χ0n) is 20.5. The van der Waals surface area contributed by atoms with Crippen molar-refractivity contribution in [3.63, 3.8) is 0 Å². The van der Waals surface area contributed by atoms with Gasteiger partial charge in [0, 0.05) is 45.0 Å². The molecule has 2 N–H and O–H groups in total. The summed E-state index contributed by atoms with van der Waals surface area (Å²) in [5.74, 6) is -0.260. The number of carbonyl (C=O) groups is 2. The van der Waals surface area contributed by atoms with Gasteiger partial charge in [0.2, 0.25) is 5.91 Å². The van der Waals surface area contributed by atoms with E-state index in [1.807, 2.05) is 24.1 Å². The summed E-state index contributed by atoms with van der Waals surface area (Å²) in [7, 11) is 1.77. The second kappa shape index (κ2) is 11.6. The Morgan fingerprint density at radius 3 is 2.35 bits per heavy atom. The number of anilines is 1. The van der Waals surface area contributed by atoms with Crippen LogP contribution in [0.3, 0.4) is 0 Å². The Morgan fingerprint density at radius 1 is 1.09 bits per heavy atom. The molecule has 8 heteroatoms. The van der Waals surface area contributed by atoms with Crippen LogP contribution in [0.15, 0.2) is 42.5 Å². The van der Waals surface area contributed by atoms with Crippen LogP contribution in [0.2, 0.25) is 0 Å². The molecule has 3 rings (SSSR count). The number of carbonyl (C=O) groups excluding carboxylic acids is 2. The van der Waals surface area contributed by atoms with E-state index in [9.17, 15) is 14.9 Å². The number of likely N-dealkylation sites (N-methyl/N-ethyl adjacent to an activating group) is 1. The highest BCUT2D eigenvalue weighted by Gasteiger charge is 2.27. The van der Waals surface area contributed by atoms with Crippen LogP contribution in [0.4, 0.5) is 5.69 Å². The number of aryl methyl sites for hydroxylation is 1. The Morgan fingerprint density at radius 2 is 1.76 bits per heavy atom. The number of hydrazine groups is 1.